The minimum absolute atomic E-state index is 0.0225. The Hall–Kier alpha value is -1.05. The standard InChI is InChI=1S/C18H26N2O3S2/c21-18(14-24-16-6-2-1-3-7-16)19-15-8-10-17(11-9-15)25(22,23)20-12-4-5-13-20/h8-11,16H,1-7,12-14H2,(H,19,21). The Labute approximate surface area is 154 Å². The molecule has 5 nitrogen and oxygen atoms in total. The Morgan fingerprint density at radius 2 is 1.68 bits per heavy atom. The molecule has 3 rings (SSSR count). The van der Waals surface area contributed by atoms with E-state index in [1.54, 1.807) is 36.0 Å². The summed E-state index contributed by atoms with van der Waals surface area (Å²) in [6, 6.07) is 6.51. The van der Waals surface area contributed by atoms with Crippen LogP contribution in [-0.2, 0) is 14.8 Å². The van der Waals surface area contributed by atoms with Crippen molar-refractivity contribution >= 4 is 33.4 Å². The maximum Gasteiger partial charge on any atom is 0.243 e. The van der Waals surface area contributed by atoms with Gasteiger partial charge >= 0.3 is 0 Å². The molecule has 25 heavy (non-hydrogen) atoms. The molecule has 1 amide bonds. The molecule has 0 spiro atoms. The van der Waals surface area contributed by atoms with Gasteiger partial charge in [-0.2, -0.15) is 4.31 Å². The van der Waals surface area contributed by atoms with Gasteiger partial charge in [-0.05, 0) is 49.9 Å². The molecule has 138 valence electrons. The first kappa shape index (κ1) is 18.7. The van der Waals surface area contributed by atoms with E-state index in [0.717, 1.165) is 12.8 Å². The second kappa shape index (κ2) is 8.56. The predicted octanol–water partition coefficient (Wildman–Crippen LogP) is 3.48. The van der Waals surface area contributed by atoms with Crippen molar-refractivity contribution < 1.29 is 13.2 Å². The lowest BCUT2D eigenvalue weighted by Crippen LogP contribution is -2.27. The van der Waals surface area contributed by atoms with E-state index < -0.39 is 10.0 Å². The quantitative estimate of drug-likeness (QED) is 0.818. The smallest absolute Gasteiger partial charge is 0.243 e. The zero-order valence-electron chi connectivity index (χ0n) is 14.4. The zero-order chi connectivity index (χ0) is 17.7. The average molecular weight is 383 g/mol. The minimum atomic E-state index is -3.39. The predicted molar refractivity (Wildman–Crippen MR) is 102 cm³/mol. The van der Waals surface area contributed by atoms with Crippen molar-refractivity contribution in [3.8, 4) is 0 Å². The first-order chi connectivity index (χ1) is 12.1. The van der Waals surface area contributed by atoms with Crippen molar-refractivity contribution in [1.82, 2.24) is 4.31 Å². The van der Waals surface area contributed by atoms with Crippen LogP contribution in [-0.4, -0.2) is 42.7 Å². The van der Waals surface area contributed by atoms with Crippen LogP contribution < -0.4 is 5.32 Å². The highest BCUT2D eigenvalue weighted by Gasteiger charge is 2.26. The Kier molecular flexibility index (Phi) is 6.41. The number of benzene rings is 1. The monoisotopic (exact) mass is 382 g/mol. The van der Waals surface area contributed by atoms with Gasteiger partial charge in [0.1, 0.15) is 0 Å². The summed E-state index contributed by atoms with van der Waals surface area (Å²) in [5, 5.41) is 3.47. The van der Waals surface area contributed by atoms with Crippen LogP contribution in [0.5, 0.6) is 0 Å². The Balaban J connectivity index is 1.52. The Morgan fingerprint density at radius 1 is 1.04 bits per heavy atom. The lowest BCUT2D eigenvalue weighted by molar-refractivity contribution is -0.113. The molecule has 0 unspecified atom stereocenters. The molecule has 0 atom stereocenters. The number of nitrogens with one attached hydrogen (secondary N) is 1. The van der Waals surface area contributed by atoms with Gasteiger partial charge in [0.2, 0.25) is 15.9 Å². The number of anilines is 1. The van der Waals surface area contributed by atoms with Crippen molar-refractivity contribution in [3.05, 3.63) is 24.3 Å². The largest absolute Gasteiger partial charge is 0.325 e. The molecular formula is C18H26N2O3S2. The fourth-order valence-electron chi connectivity index (χ4n) is 3.41. The molecule has 1 aromatic carbocycles. The Bertz CT molecular complexity index is 677. The summed E-state index contributed by atoms with van der Waals surface area (Å²) in [5.41, 5.74) is 0.648. The van der Waals surface area contributed by atoms with Crippen LogP contribution in [0, 0.1) is 0 Å². The fourth-order valence-corrected chi connectivity index (χ4v) is 6.05. The van der Waals surface area contributed by atoms with Gasteiger partial charge < -0.3 is 5.32 Å². The highest BCUT2D eigenvalue weighted by Crippen LogP contribution is 2.28. The van der Waals surface area contributed by atoms with Crippen LogP contribution in [0.3, 0.4) is 0 Å². The van der Waals surface area contributed by atoms with Crippen LogP contribution in [0.25, 0.3) is 0 Å². The van der Waals surface area contributed by atoms with Gasteiger partial charge in [0.05, 0.1) is 10.6 Å². The van der Waals surface area contributed by atoms with Crippen molar-refractivity contribution in [2.24, 2.45) is 0 Å². The summed E-state index contributed by atoms with van der Waals surface area (Å²) < 4.78 is 26.5. The van der Waals surface area contributed by atoms with E-state index in [0.29, 0.717) is 34.7 Å². The maximum absolute atomic E-state index is 12.5. The third-order valence-corrected chi connectivity index (χ3v) is 8.13. The molecule has 0 radical (unpaired) electrons. The van der Waals surface area contributed by atoms with Gasteiger partial charge in [-0.25, -0.2) is 8.42 Å². The third-order valence-electron chi connectivity index (χ3n) is 4.84. The summed E-state index contributed by atoms with van der Waals surface area (Å²) >= 11 is 1.73. The molecule has 1 aromatic rings. The lowest BCUT2D eigenvalue weighted by Gasteiger charge is -2.20. The van der Waals surface area contributed by atoms with Gasteiger partial charge in [-0.3, -0.25) is 4.79 Å². The van der Waals surface area contributed by atoms with Crippen molar-refractivity contribution in [3.63, 3.8) is 0 Å². The number of thioether (sulfide) groups is 1. The minimum Gasteiger partial charge on any atom is -0.325 e. The molecule has 1 N–H and O–H groups in total. The van der Waals surface area contributed by atoms with E-state index >= 15 is 0 Å². The van der Waals surface area contributed by atoms with Crippen molar-refractivity contribution in [2.75, 3.05) is 24.2 Å². The molecule has 1 saturated carbocycles. The SMILES string of the molecule is O=C(CSC1CCCCC1)Nc1ccc(S(=O)(=O)N2CCCC2)cc1. The van der Waals surface area contributed by atoms with Crippen LogP contribution in [0.4, 0.5) is 5.69 Å². The maximum atomic E-state index is 12.5. The summed E-state index contributed by atoms with van der Waals surface area (Å²) in [6.07, 6.45) is 8.12. The second-order valence-corrected chi connectivity index (χ2v) is 9.98. The van der Waals surface area contributed by atoms with E-state index in [1.807, 2.05) is 0 Å². The fraction of sp³-hybridized carbons (Fsp3) is 0.611. The highest BCUT2D eigenvalue weighted by molar-refractivity contribution is 8.00. The van der Waals surface area contributed by atoms with Gasteiger partial charge in [0.15, 0.2) is 0 Å². The molecule has 1 aliphatic carbocycles. The van der Waals surface area contributed by atoms with E-state index in [9.17, 15) is 13.2 Å². The molecule has 0 bridgehead atoms. The summed E-state index contributed by atoms with van der Waals surface area (Å²) in [6.45, 7) is 1.19. The first-order valence-corrected chi connectivity index (χ1v) is 11.6. The number of hydrogen-bond acceptors (Lipinski definition) is 4. The number of carbonyl (C=O) groups excluding carboxylic acids is 1. The van der Waals surface area contributed by atoms with Gasteiger partial charge in [-0.15, -0.1) is 11.8 Å². The molecule has 1 saturated heterocycles. The molecular weight excluding hydrogens is 356 g/mol. The summed E-state index contributed by atoms with van der Waals surface area (Å²) in [4.78, 5) is 12.4. The molecule has 2 fully saturated rings. The number of rotatable bonds is 6. The van der Waals surface area contributed by atoms with Crippen molar-refractivity contribution in [2.45, 2.75) is 55.1 Å². The Morgan fingerprint density at radius 3 is 2.32 bits per heavy atom. The van der Waals surface area contributed by atoms with Gasteiger partial charge in [0, 0.05) is 24.0 Å². The average Bonchev–Trinajstić information content (AvgIpc) is 3.17. The van der Waals surface area contributed by atoms with E-state index in [2.05, 4.69) is 5.32 Å². The van der Waals surface area contributed by atoms with Crippen LogP contribution >= 0.6 is 11.8 Å². The van der Waals surface area contributed by atoms with Crippen molar-refractivity contribution in [1.29, 1.82) is 0 Å². The molecule has 7 heteroatoms. The zero-order valence-corrected chi connectivity index (χ0v) is 16.1. The molecule has 0 aromatic heterocycles. The lowest BCUT2D eigenvalue weighted by atomic mass is 10.0. The van der Waals surface area contributed by atoms with Gasteiger partial charge in [-0.1, -0.05) is 19.3 Å². The molecule has 1 aliphatic heterocycles. The molecule has 1 heterocycles. The summed E-state index contributed by atoms with van der Waals surface area (Å²) in [7, 11) is -3.39. The van der Waals surface area contributed by atoms with E-state index in [1.165, 1.54) is 36.4 Å². The second-order valence-electron chi connectivity index (χ2n) is 6.75. The first-order valence-electron chi connectivity index (χ1n) is 9.07. The van der Waals surface area contributed by atoms with Crippen LogP contribution in [0.2, 0.25) is 0 Å². The van der Waals surface area contributed by atoms with Gasteiger partial charge in [0.25, 0.3) is 0 Å². The third kappa shape index (κ3) is 4.99. The number of amides is 1. The number of nitrogens with zero attached hydrogens (tertiary/aromatic N) is 1. The number of hydrogen-bond donors (Lipinski definition) is 1. The van der Waals surface area contributed by atoms with E-state index in [4.69, 9.17) is 0 Å². The highest BCUT2D eigenvalue weighted by atomic mass is 32.2. The van der Waals surface area contributed by atoms with E-state index in [-0.39, 0.29) is 5.91 Å². The van der Waals surface area contributed by atoms with Crippen LogP contribution in [0.15, 0.2) is 29.2 Å². The summed E-state index contributed by atoms with van der Waals surface area (Å²) in [5.74, 6) is 0.434. The van der Waals surface area contributed by atoms with Crippen LogP contribution in [0.1, 0.15) is 44.9 Å². The number of carbonyl (C=O) groups is 1. The topological polar surface area (TPSA) is 66.5 Å². The number of sulfonamides is 1. The normalized spacial score (nSPS) is 19.8. The molecule has 2 aliphatic rings.